The van der Waals surface area contributed by atoms with E-state index in [2.05, 4.69) is 19.9 Å². The fourth-order valence-electron chi connectivity index (χ4n) is 1.88. The van der Waals surface area contributed by atoms with Crippen LogP contribution < -0.4 is 15.2 Å². The third-order valence-corrected chi connectivity index (χ3v) is 2.89. The molecule has 1 rings (SSSR count). The van der Waals surface area contributed by atoms with Crippen LogP contribution >= 0.6 is 0 Å². The summed E-state index contributed by atoms with van der Waals surface area (Å²) >= 11 is 0. The Morgan fingerprint density at radius 1 is 1.12 bits per heavy atom. The molecule has 0 heterocycles. The van der Waals surface area contributed by atoms with E-state index in [0.717, 1.165) is 11.5 Å². The molecule has 0 saturated heterocycles. The molecule has 1 aromatic carbocycles. The van der Waals surface area contributed by atoms with Crippen molar-refractivity contribution in [1.82, 2.24) is 0 Å². The van der Waals surface area contributed by atoms with Gasteiger partial charge in [0, 0.05) is 0 Å². The molecule has 0 saturated carbocycles. The second-order valence-electron chi connectivity index (χ2n) is 4.20. The van der Waals surface area contributed by atoms with Gasteiger partial charge in [0.1, 0.15) is 0 Å². The molecule has 0 aliphatic heterocycles. The van der Waals surface area contributed by atoms with Crippen molar-refractivity contribution in [2.75, 3.05) is 20.8 Å². The summed E-state index contributed by atoms with van der Waals surface area (Å²) < 4.78 is 10.5. The highest BCUT2D eigenvalue weighted by atomic mass is 16.5. The summed E-state index contributed by atoms with van der Waals surface area (Å²) in [6.07, 6.45) is 0. The van der Waals surface area contributed by atoms with Gasteiger partial charge in [0.15, 0.2) is 11.5 Å². The molecule has 2 N–H and O–H groups in total. The van der Waals surface area contributed by atoms with Crippen molar-refractivity contribution in [3.05, 3.63) is 23.8 Å². The van der Waals surface area contributed by atoms with Crippen molar-refractivity contribution in [3.63, 3.8) is 0 Å². The van der Waals surface area contributed by atoms with Gasteiger partial charge in [-0.2, -0.15) is 0 Å². The Morgan fingerprint density at radius 3 is 2.19 bits per heavy atom. The highest BCUT2D eigenvalue weighted by Gasteiger charge is 2.16. The Morgan fingerprint density at radius 2 is 1.75 bits per heavy atom. The second kappa shape index (κ2) is 5.75. The van der Waals surface area contributed by atoms with Crippen LogP contribution in [0.3, 0.4) is 0 Å². The van der Waals surface area contributed by atoms with Crippen molar-refractivity contribution in [1.29, 1.82) is 0 Å². The fourth-order valence-corrected chi connectivity index (χ4v) is 1.88. The lowest BCUT2D eigenvalue weighted by Gasteiger charge is -2.20. The van der Waals surface area contributed by atoms with Gasteiger partial charge in [-0.25, -0.2) is 0 Å². The van der Waals surface area contributed by atoms with Crippen LogP contribution in [0.5, 0.6) is 11.5 Å². The molecule has 16 heavy (non-hydrogen) atoms. The van der Waals surface area contributed by atoms with Crippen molar-refractivity contribution >= 4 is 0 Å². The van der Waals surface area contributed by atoms with Crippen LogP contribution in [0.4, 0.5) is 0 Å². The number of rotatable bonds is 5. The summed E-state index contributed by atoms with van der Waals surface area (Å²) in [7, 11) is 3.29. The quantitative estimate of drug-likeness (QED) is 0.833. The first-order valence-electron chi connectivity index (χ1n) is 5.56. The Balaban J connectivity index is 3.06. The predicted octanol–water partition coefficient (Wildman–Crippen LogP) is 2.40. The molecular weight excluding hydrogens is 202 g/mol. The first-order chi connectivity index (χ1) is 7.63. The molecule has 0 amide bonds. The maximum absolute atomic E-state index is 5.80. The molecule has 0 aliphatic carbocycles. The molecule has 0 aliphatic rings. The van der Waals surface area contributed by atoms with Gasteiger partial charge in [-0.05, 0) is 36.1 Å². The van der Waals surface area contributed by atoms with Gasteiger partial charge in [-0.1, -0.05) is 19.9 Å². The van der Waals surface area contributed by atoms with Crippen LogP contribution in [-0.4, -0.2) is 20.8 Å². The monoisotopic (exact) mass is 223 g/mol. The summed E-state index contributed by atoms with van der Waals surface area (Å²) in [5.74, 6) is 2.40. The Labute approximate surface area is 97.6 Å². The normalized spacial score (nSPS) is 12.6. The summed E-state index contributed by atoms with van der Waals surface area (Å²) in [6, 6.07) is 5.99. The molecule has 0 unspecified atom stereocenters. The van der Waals surface area contributed by atoms with Crippen molar-refractivity contribution in [2.24, 2.45) is 11.7 Å². The maximum Gasteiger partial charge on any atom is 0.160 e. The smallest absolute Gasteiger partial charge is 0.160 e. The Hall–Kier alpha value is -1.22. The first kappa shape index (κ1) is 12.8. The van der Waals surface area contributed by atoms with E-state index in [4.69, 9.17) is 15.2 Å². The molecule has 0 radical (unpaired) electrons. The summed E-state index contributed by atoms with van der Waals surface area (Å²) in [5.41, 5.74) is 7.00. The van der Waals surface area contributed by atoms with Crippen LogP contribution in [0.25, 0.3) is 0 Å². The van der Waals surface area contributed by atoms with Gasteiger partial charge in [0.25, 0.3) is 0 Å². The van der Waals surface area contributed by atoms with Crippen molar-refractivity contribution in [2.45, 2.75) is 19.8 Å². The molecule has 0 aromatic heterocycles. The summed E-state index contributed by atoms with van der Waals surface area (Å²) in [6.45, 7) is 5.00. The minimum absolute atomic E-state index is 0.361. The predicted molar refractivity (Wildman–Crippen MR) is 66.2 cm³/mol. The lowest BCUT2D eigenvalue weighted by atomic mass is 9.88. The van der Waals surface area contributed by atoms with E-state index >= 15 is 0 Å². The van der Waals surface area contributed by atoms with Crippen LogP contribution in [0.2, 0.25) is 0 Å². The highest BCUT2D eigenvalue weighted by molar-refractivity contribution is 5.44. The van der Waals surface area contributed by atoms with Crippen LogP contribution in [0.15, 0.2) is 18.2 Å². The maximum atomic E-state index is 5.80. The van der Waals surface area contributed by atoms with Gasteiger partial charge >= 0.3 is 0 Å². The van der Waals surface area contributed by atoms with E-state index in [1.54, 1.807) is 14.2 Å². The molecule has 0 spiro atoms. The number of ether oxygens (including phenoxy) is 2. The van der Waals surface area contributed by atoms with Gasteiger partial charge in [-0.15, -0.1) is 0 Å². The zero-order valence-corrected chi connectivity index (χ0v) is 10.5. The zero-order chi connectivity index (χ0) is 12.1. The fraction of sp³-hybridized carbons (Fsp3) is 0.538. The van der Waals surface area contributed by atoms with Gasteiger partial charge in [0.2, 0.25) is 0 Å². The largest absolute Gasteiger partial charge is 0.493 e. The van der Waals surface area contributed by atoms with E-state index < -0.39 is 0 Å². The lowest BCUT2D eigenvalue weighted by molar-refractivity contribution is 0.353. The molecule has 0 bridgehead atoms. The number of hydrogen-bond acceptors (Lipinski definition) is 3. The van der Waals surface area contributed by atoms with Crippen LogP contribution in [0, 0.1) is 5.92 Å². The Bertz CT molecular complexity index is 337. The van der Waals surface area contributed by atoms with Gasteiger partial charge in [-0.3, -0.25) is 0 Å². The summed E-state index contributed by atoms with van der Waals surface area (Å²) in [4.78, 5) is 0. The summed E-state index contributed by atoms with van der Waals surface area (Å²) in [5, 5.41) is 0. The third-order valence-electron chi connectivity index (χ3n) is 2.89. The average molecular weight is 223 g/mol. The van der Waals surface area contributed by atoms with E-state index in [-0.39, 0.29) is 0 Å². The number of benzene rings is 1. The second-order valence-corrected chi connectivity index (χ2v) is 4.20. The number of hydrogen-bond donors (Lipinski definition) is 1. The van der Waals surface area contributed by atoms with Gasteiger partial charge in [0.05, 0.1) is 14.2 Å². The lowest BCUT2D eigenvalue weighted by Crippen LogP contribution is -2.17. The molecule has 3 heteroatoms. The molecule has 3 nitrogen and oxygen atoms in total. The van der Waals surface area contributed by atoms with E-state index in [0.29, 0.717) is 18.4 Å². The number of nitrogens with two attached hydrogens (primary N) is 1. The third kappa shape index (κ3) is 2.67. The minimum atomic E-state index is 0.361. The average Bonchev–Trinajstić information content (AvgIpc) is 2.29. The SMILES string of the molecule is COc1ccc([C@@H](CN)C(C)C)cc1OC. The molecule has 1 atom stereocenters. The van der Waals surface area contributed by atoms with Gasteiger partial charge < -0.3 is 15.2 Å². The van der Waals surface area contributed by atoms with E-state index in [9.17, 15) is 0 Å². The number of methoxy groups -OCH3 is 2. The van der Waals surface area contributed by atoms with E-state index in [1.807, 2.05) is 12.1 Å². The van der Waals surface area contributed by atoms with Crippen LogP contribution in [-0.2, 0) is 0 Å². The van der Waals surface area contributed by atoms with Crippen molar-refractivity contribution in [3.8, 4) is 11.5 Å². The first-order valence-corrected chi connectivity index (χ1v) is 5.56. The molecular formula is C13H21NO2. The van der Waals surface area contributed by atoms with E-state index in [1.165, 1.54) is 5.56 Å². The standard InChI is InChI=1S/C13H21NO2/c1-9(2)11(8-14)10-5-6-12(15-3)13(7-10)16-4/h5-7,9,11H,8,14H2,1-4H3/t11-/m0/s1. The Kier molecular flexibility index (Phi) is 4.62. The molecule has 0 fully saturated rings. The van der Waals surface area contributed by atoms with Crippen molar-refractivity contribution < 1.29 is 9.47 Å². The van der Waals surface area contributed by atoms with Crippen LogP contribution in [0.1, 0.15) is 25.3 Å². The highest BCUT2D eigenvalue weighted by Crippen LogP contribution is 2.32. The minimum Gasteiger partial charge on any atom is -0.493 e. The molecule has 1 aromatic rings. The molecule has 90 valence electrons. The topological polar surface area (TPSA) is 44.5 Å². The zero-order valence-electron chi connectivity index (χ0n) is 10.5.